The fraction of sp³-hybridized carbons (Fsp3) is 0.167. The Morgan fingerprint density at radius 2 is 2.22 bits per heavy atom. The molecule has 6 heteroatoms. The highest BCUT2D eigenvalue weighted by molar-refractivity contribution is 7.09. The summed E-state index contributed by atoms with van der Waals surface area (Å²) in [6.07, 6.45) is 0. The summed E-state index contributed by atoms with van der Waals surface area (Å²) in [6.45, 7) is 2.70. The third kappa shape index (κ3) is 3.21. The van der Waals surface area contributed by atoms with Gasteiger partial charge in [-0.2, -0.15) is 0 Å². The third-order valence-corrected chi connectivity index (χ3v) is 3.36. The molecular formula is C12H14N4OS. The lowest BCUT2D eigenvalue weighted by Gasteiger charge is -2.08. The first-order valence-corrected chi connectivity index (χ1v) is 6.32. The molecule has 2 aromatic rings. The van der Waals surface area contributed by atoms with E-state index in [9.17, 15) is 4.79 Å². The number of thiazole rings is 1. The number of carbonyl (C=O) groups is 1. The second kappa shape index (κ2) is 5.50. The molecule has 0 aliphatic carbocycles. The van der Waals surface area contributed by atoms with Gasteiger partial charge in [-0.15, -0.1) is 11.3 Å². The normalized spacial score (nSPS) is 10.1. The van der Waals surface area contributed by atoms with Gasteiger partial charge in [0.05, 0.1) is 17.7 Å². The standard InChI is InChI=1S/C12H14N4OS/c1-8-11(18-7-15-8)6-14-9-3-2-4-10(5-9)16-12(13)17/h2-5,7,14H,6H2,1H3,(H3,13,16,17). The molecule has 0 spiro atoms. The van der Waals surface area contributed by atoms with Crippen LogP contribution in [0.2, 0.25) is 0 Å². The van der Waals surface area contributed by atoms with Crippen LogP contribution in [0.15, 0.2) is 29.8 Å². The summed E-state index contributed by atoms with van der Waals surface area (Å²) < 4.78 is 0. The molecule has 0 atom stereocenters. The second-order valence-electron chi connectivity index (χ2n) is 3.78. The third-order valence-electron chi connectivity index (χ3n) is 2.43. The summed E-state index contributed by atoms with van der Waals surface area (Å²) in [5.74, 6) is 0. The number of benzene rings is 1. The molecule has 1 heterocycles. The van der Waals surface area contributed by atoms with Crippen molar-refractivity contribution >= 4 is 28.7 Å². The van der Waals surface area contributed by atoms with Gasteiger partial charge in [-0.25, -0.2) is 9.78 Å². The first-order valence-electron chi connectivity index (χ1n) is 5.44. The average Bonchev–Trinajstić information content (AvgIpc) is 2.72. The Labute approximate surface area is 109 Å². The minimum Gasteiger partial charge on any atom is -0.380 e. The van der Waals surface area contributed by atoms with Gasteiger partial charge >= 0.3 is 6.03 Å². The van der Waals surface area contributed by atoms with Crippen molar-refractivity contribution in [3.8, 4) is 0 Å². The minimum absolute atomic E-state index is 0.564. The Kier molecular flexibility index (Phi) is 3.78. The van der Waals surface area contributed by atoms with Crippen molar-refractivity contribution in [1.82, 2.24) is 4.98 Å². The molecule has 2 amide bonds. The number of hydrogen-bond acceptors (Lipinski definition) is 4. The minimum atomic E-state index is -0.564. The second-order valence-corrected chi connectivity index (χ2v) is 4.72. The van der Waals surface area contributed by atoms with Gasteiger partial charge in [0.1, 0.15) is 0 Å². The Bertz CT molecular complexity index is 553. The predicted molar refractivity (Wildman–Crippen MR) is 73.8 cm³/mol. The molecule has 1 aromatic carbocycles. The van der Waals surface area contributed by atoms with Crippen molar-refractivity contribution in [2.45, 2.75) is 13.5 Å². The number of nitrogens with zero attached hydrogens (tertiary/aromatic N) is 1. The van der Waals surface area contributed by atoms with Crippen molar-refractivity contribution in [2.24, 2.45) is 5.73 Å². The van der Waals surface area contributed by atoms with E-state index < -0.39 is 6.03 Å². The number of anilines is 2. The fourth-order valence-electron chi connectivity index (χ4n) is 1.53. The Morgan fingerprint density at radius 3 is 2.89 bits per heavy atom. The largest absolute Gasteiger partial charge is 0.380 e. The maximum absolute atomic E-state index is 10.8. The van der Waals surface area contributed by atoms with Crippen molar-refractivity contribution < 1.29 is 4.79 Å². The molecule has 0 saturated carbocycles. The number of hydrogen-bond donors (Lipinski definition) is 3. The van der Waals surface area contributed by atoms with Crippen LogP contribution in [0.3, 0.4) is 0 Å². The summed E-state index contributed by atoms with van der Waals surface area (Å²) in [7, 11) is 0. The van der Waals surface area contributed by atoms with E-state index in [1.165, 1.54) is 4.88 Å². The number of amides is 2. The Balaban J connectivity index is 2.01. The molecule has 0 saturated heterocycles. The number of nitrogens with one attached hydrogen (secondary N) is 2. The highest BCUT2D eigenvalue weighted by atomic mass is 32.1. The smallest absolute Gasteiger partial charge is 0.316 e. The summed E-state index contributed by atoms with van der Waals surface area (Å²) in [6, 6.07) is 6.84. The molecule has 18 heavy (non-hydrogen) atoms. The monoisotopic (exact) mass is 262 g/mol. The number of urea groups is 1. The highest BCUT2D eigenvalue weighted by Crippen LogP contribution is 2.18. The number of rotatable bonds is 4. The molecule has 5 nitrogen and oxygen atoms in total. The van der Waals surface area contributed by atoms with Crippen LogP contribution < -0.4 is 16.4 Å². The first kappa shape index (κ1) is 12.4. The molecular weight excluding hydrogens is 248 g/mol. The van der Waals surface area contributed by atoms with E-state index in [2.05, 4.69) is 15.6 Å². The maximum Gasteiger partial charge on any atom is 0.316 e. The van der Waals surface area contributed by atoms with Crippen LogP contribution in [-0.2, 0) is 6.54 Å². The van der Waals surface area contributed by atoms with Gasteiger partial charge in [-0.3, -0.25) is 0 Å². The number of primary amides is 1. The van der Waals surface area contributed by atoms with Gasteiger partial charge in [0.2, 0.25) is 0 Å². The van der Waals surface area contributed by atoms with Gasteiger partial charge in [0, 0.05) is 16.3 Å². The van der Waals surface area contributed by atoms with Crippen LogP contribution in [0.4, 0.5) is 16.2 Å². The fourth-order valence-corrected chi connectivity index (χ4v) is 2.24. The van der Waals surface area contributed by atoms with E-state index in [0.717, 1.165) is 17.9 Å². The van der Waals surface area contributed by atoms with Gasteiger partial charge in [-0.1, -0.05) is 6.07 Å². The van der Waals surface area contributed by atoms with Crippen LogP contribution in [-0.4, -0.2) is 11.0 Å². The molecule has 0 unspecified atom stereocenters. The molecule has 4 N–H and O–H groups in total. The topological polar surface area (TPSA) is 80.0 Å². The van der Waals surface area contributed by atoms with Crippen molar-refractivity contribution in [2.75, 3.05) is 10.6 Å². The lowest BCUT2D eigenvalue weighted by Crippen LogP contribution is -2.19. The predicted octanol–water partition coefficient (Wildman–Crippen LogP) is 2.55. The molecule has 0 fully saturated rings. The van der Waals surface area contributed by atoms with Crippen LogP contribution >= 0.6 is 11.3 Å². The Hall–Kier alpha value is -2.08. The molecule has 2 rings (SSSR count). The van der Waals surface area contributed by atoms with Gasteiger partial charge in [-0.05, 0) is 25.1 Å². The summed E-state index contributed by atoms with van der Waals surface area (Å²) >= 11 is 1.62. The van der Waals surface area contributed by atoms with E-state index in [-0.39, 0.29) is 0 Å². The molecule has 0 radical (unpaired) electrons. The first-order chi connectivity index (χ1) is 8.65. The molecule has 0 bridgehead atoms. The number of nitrogens with two attached hydrogens (primary N) is 1. The van der Waals surface area contributed by atoms with E-state index in [1.54, 1.807) is 17.4 Å². The van der Waals surface area contributed by atoms with Gasteiger partial charge < -0.3 is 16.4 Å². The molecule has 1 aromatic heterocycles. The van der Waals surface area contributed by atoms with E-state index in [1.807, 2.05) is 30.6 Å². The number of aryl methyl sites for hydroxylation is 1. The molecule has 0 aliphatic rings. The summed E-state index contributed by atoms with van der Waals surface area (Å²) in [5, 5.41) is 5.82. The number of aromatic nitrogens is 1. The van der Waals surface area contributed by atoms with Crippen LogP contribution in [0.5, 0.6) is 0 Å². The van der Waals surface area contributed by atoms with E-state index in [4.69, 9.17) is 5.73 Å². The van der Waals surface area contributed by atoms with Crippen LogP contribution in [0.25, 0.3) is 0 Å². The van der Waals surface area contributed by atoms with Gasteiger partial charge in [0.25, 0.3) is 0 Å². The van der Waals surface area contributed by atoms with Crippen LogP contribution in [0.1, 0.15) is 10.6 Å². The van der Waals surface area contributed by atoms with Crippen molar-refractivity contribution in [3.63, 3.8) is 0 Å². The molecule has 0 aliphatic heterocycles. The average molecular weight is 262 g/mol. The SMILES string of the molecule is Cc1ncsc1CNc1cccc(NC(N)=O)c1. The summed E-state index contributed by atoms with van der Waals surface area (Å²) in [4.78, 5) is 16.1. The lowest BCUT2D eigenvalue weighted by molar-refractivity contribution is 0.259. The summed E-state index contributed by atoms with van der Waals surface area (Å²) in [5.41, 5.74) is 9.54. The van der Waals surface area contributed by atoms with Crippen molar-refractivity contribution in [3.05, 3.63) is 40.3 Å². The van der Waals surface area contributed by atoms with Crippen LogP contribution in [0, 0.1) is 6.92 Å². The van der Waals surface area contributed by atoms with Gasteiger partial charge in [0.15, 0.2) is 0 Å². The quantitative estimate of drug-likeness (QED) is 0.792. The zero-order valence-corrected chi connectivity index (χ0v) is 10.8. The zero-order chi connectivity index (χ0) is 13.0. The maximum atomic E-state index is 10.8. The zero-order valence-electron chi connectivity index (χ0n) is 9.93. The van der Waals surface area contributed by atoms with Crippen molar-refractivity contribution in [1.29, 1.82) is 0 Å². The Morgan fingerprint density at radius 1 is 1.44 bits per heavy atom. The molecule has 94 valence electrons. The van der Waals surface area contributed by atoms with E-state index >= 15 is 0 Å². The lowest BCUT2D eigenvalue weighted by atomic mass is 10.2. The highest BCUT2D eigenvalue weighted by Gasteiger charge is 2.02. The van der Waals surface area contributed by atoms with E-state index in [0.29, 0.717) is 5.69 Å². The number of carbonyl (C=O) groups excluding carboxylic acids is 1.